The number of unbranched alkanes of at least 4 members (excludes halogenated alkanes) is 3. The molecule has 0 N–H and O–H groups in total. The number of aryl methyl sites for hydroxylation is 1. The number of rotatable bonds is 10. The molecule has 0 amide bonds. The van der Waals surface area contributed by atoms with Gasteiger partial charge in [-0.2, -0.15) is 0 Å². The maximum atomic E-state index is 5.80. The monoisotopic (exact) mass is 266 g/mol. The molecule has 3 nitrogen and oxygen atoms in total. The topological polar surface area (TPSA) is 27.7 Å². The molecule has 0 bridgehead atoms. The summed E-state index contributed by atoms with van der Waals surface area (Å²) in [5, 5.41) is 0. The highest BCUT2D eigenvalue weighted by molar-refractivity contribution is 5.39. The molecule has 0 radical (unpaired) electrons. The average molecular weight is 266 g/mol. The summed E-state index contributed by atoms with van der Waals surface area (Å²) in [6.45, 7) is 6.55. The standard InChI is InChI=1S/C16H26O3/c1-4-18-11-7-5-6-8-12-19-16-13-15(17-3)10-9-14(16)2/h9-10,13H,4-8,11-12H2,1-3H3. The first kappa shape index (κ1) is 15.8. The Morgan fingerprint density at radius 1 is 1.00 bits per heavy atom. The fourth-order valence-electron chi connectivity index (χ4n) is 1.85. The highest BCUT2D eigenvalue weighted by atomic mass is 16.5. The zero-order chi connectivity index (χ0) is 13.9. The fraction of sp³-hybridized carbons (Fsp3) is 0.625. The highest BCUT2D eigenvalue weighted by Crippen LogP contribution is 2.24. The van der Waals surface area contributed by atoms with Gasteiger partial charge < -0.3 is 14.2 Å². The Morgan fingerprint density at radius 3 is 2.42 bits per heavy atom. The van der Waals surface area contributed by atoms with E-state index in [0.29, 0.717) is 0 Å². The van der Waals surface area contributed by atoms with Crippen LogP contribution in [0.5, 0.6) is 11.5 Å². The summed E-state index contributed by atoms with van der Waals surface area (Å²) in [6, 6.07) is 5.93. The van der Waals surface area contributed by atoms with Gasteiger partial charge in [-0.15, -0.1) is 0 Å². The smallest absolute Gasteiger partial charge is 0.125 e. The Hall–Kier alpha value is -1.22. The Balaban J connectivity index is 2.15. The van der Waals surface area contributed by atoms with Gasteiger partial charge in [0, 0.05) is 19.3 Å². The first-order valence-electron chi connectivity index (χ1n) is 7.13. The molecule has 0 heterocycles. The third kappa shape index (κ3) is 6.48. The zero-order valence-corrected chi connectivity index (χ0v) is 12.4. The second kappa shape index (κ2) is 9.68. The van der Waals surface area contributed by atoms with Crippen molar-refractivity contribution in [3.8, 4) is 11.5 Å². The molecule has 1 aromatic carbocycles. The largest absolute Gasteiger partial charge is 0.497 e. The summed E-state index contributed by atoms with van der Waals surface area (Å²) in [7, 11) is 1.67. The summed E-state index contributed by atoms with van der Waals surface area (Å²) in [5.41, 5.74) is 1.15. The van der Waals surface area contributed by atoms with E-state index in [1.807, 2.05) is 25.1 Å². The van der Waals surface area contributed by atoms with Crippen LogP contribution in [0.3, 0.4) is 0 Å². The molecule has 0 aromatic heterocycles. The first-order chi connectivity index (χ1) is 9.27. The van der Waals surface area contributed by atoms with Gasteiger partial charge >= 0.3 is 0 Å². The molecular weight excluding hydrogens is 240 g/mol. The molecule has 0 aliphatic heterocycles. The van der Waals surface area contributed by atoms with Gasteiger partial charge in [0.2, 0.25) is 0 Å². The molecule has 0 fully saturated rings. The highest BCUT2D eigenvalue weighted by Gasteiger charge is 2.01. The van der Waals surface area contributed by atoms with Gasteiger partial charge in [0.1, 0.15) is 11.5 Å². The van der Waals surface area contributed by atoms with Gasteiger partial charge in [-0.25, -0.2) is 0 Å². The van der Waals surface area contributed by atoms with Crippen LogP contribution >= 0.6 is 0 Å². The van der Waals surface area contributed by atoms with Crippen LogP contribution < -0.4 is 9.47 Å². The van der Waals surface area contributed by atoms with E-state index < -0.39 is 0 Å². The molecule has 0 spiro atoms. The molecule has 0 saturated heterocycles. The van der Waals surface area contributed by atoms with Crippen LogP contribution in [0.4, 0.5) is 0 Å². The quantitative estimate of drug-likeness (QED) is 0.599. The van der Waals surface area contributed by atoms with Crippen molar-refractivity contribution in [3.63, 3.8) is 0 Å². The molecule has 0 atom stereocenters. The lowest BCUT2D eigenvalue weighted by atomic mass is 10.2. The Labute approximate surface area is 116 Å². The number of hydrogen-bond acceptors (Lipinski definition) is 3. The van der Waals surface area contributed by atoms with Crippen molar-refractivity contribution >= 4 is 0 Å². The van der Waals surface area contributed by atoms with Gasteiger partial charge in [-0.1, -0.05) is 12.5 Å². The molecule has 0 aliphatic rings. The summed E-state index contributed by atoms with van der Waals surface area (Å²) < 4.78 is 16.3. The molecule has 0 aliphatic carbocycles. The summed E-state index contributed by atoms with van der Waals surface area (Å²) in [4.78, 5) is 0. The van der Waals surface area contributed by atoms with E-state index in [9.17, 15) is 0 Å². The van der Waals surface area contributed by atoms with Gasteiger partial charge in [0.05, 0.1) is 13.7 Å². The van der Waals surface area contributed by atoms with Crippen LogP contribution in [-0.4, -0.2) is 26.9 Å². The van der Waals surface area contributed by atoms with Crippen molar-refractivity contribution in [2.45, 2.75) is 39.5 Å². The van der Waals surface area contributed by atoms with Crippen LogP contribution in [0.15, 0.2) is 18.2 Å². The number of methoxy groups -OCH3 is 1. The molecule has 19 heavy (non-hydrogen) atoms. The van der Waals surface area contributed by atoms with Gasteiger partial charge in [0.25, 0.3) is 0 Å². The molecule has 1 rings (SSSR count). The van der Waals surface area contributed by atoms with E-state index in [-0.39, 0.29) is 0 Å². The molecule has 1 aromatic rings. The average Bonchev–Trinajstić information content (AvgIpc) is 2.43. The lowest BCUT2D eigenvalue weighted by Gasteiger charge is -2.10. The molecular formula is C16H26O3. The number of ether oxygens (including phenoxy) is 3. The van der Waals surface area contributed by atoms with Crippen molar-refractivity contribution < 1.29 is 14.2 Å². The van der Waals surface area contributed by atoms with Crippen LogP contribution in [0, 0.1) is 6.92 Å². The lowest BCUT2D eigenvalue weighted by molar-refractivity contribution is 0.142. The second-order valence-corrected chi connectivity index (χ2v) is 4.59. The van der Waals surface area contributed by atoms with Crippen molar-refractivity contribution in [3.05, 3.63) is 23.8 Å². The summed E-state index contributed by atoms with van der Waals surface area (Å²) in [5.74, 6) is 1.77. The fourth-order valence-corrected chi connectivity index (χ4v) is 1.85. The van der Waals surface area contributed by atoms with Crippen molar-refractivity contribution in [2.24, 2.45) is 0 Å². The Morgan fingerprint density at radius 2 is 1.74 bits per heavy atom. The third-order valence-corrected chi connectivity index (χ3v) is 3.04. The van der Waals surface area contributed by atoms with E-state index in [1.165, 1.54) is 12.8 Å². The van der Waals surface area contributed by atoms with E-state index in [2.05, 4.69) is 6.92 Å². The van der Waals surface area contributed by atoms with Crippen molar-refractivity contribution in [1.82, 2.24) is 0 Å². The van der Waals surface area contributed by atoms with Crippen molar-refractivity contribution in [1.29, 1.82) is 0 Å². The summed E-state index contributed by atoms with van der Waals surface area (Å²) in [6.07, 6.45) is 4.63. The molecule has 3 heteroatoms. The minimum Gasteiger partial charge on any atom is -0.497 e. The number of benzene rings is 1. The zero-order valence-electron chi connectivity index (χ0n) is 12.4. The van der Waals surface area contributed by atoms with Gasteiger partial charge in [0.15, 0.2) is 0 Å². The normalized spacial score (nSPS) is 10.5. The van der Waals surface area contributed by atoms with Crippen molar-refractivity contribution in [2.75, 3.05) is 26.9 Å². The molecule has 0 unspecified atom stereocenters. The Bertz CT molecular complexity index is 350. The Kier molecular flexibility index (Phi) is 8.07. The van der Waals surface area contributed by atoms with E-state index in [4.69, 9.17) is 14.2 Å². The number of hydrogen-bond donors (Lipinski definition) is 0. The van der Waals surface area contributed by atoms with Gasteiger partial charge in [-0.3, -0.25) is 0 Å². The van der Waals surface area contributed by atoms with E-state index in [1.54, 1.807) is 7.11 Å². The second-order valence-electron chi connectivity index (χ2n) is 4.59. The minimum absolute atomic E-state index is 0.767. The predicted molar refractivity (Wildman–Crippen MR) is 78.2 cm³/mol. The maximum absolute atomic E-state index is 5.80. The first-order valence-corrected chi connectivity index (χ1v) is 7.13. The van der Waals surface area contributed by atoms with Gasteiger partial charge in [-0.05, 0) is 44.7 Å². The molecule has 0 saturated carbocycles. The SMILES string of the molecule is CCOCCCCCCOc1cc(OC)ccc1C. The van der Waals surface area contributed by atoms with E-state index in [0.717, 1.165) is 49.7 Å². The van der Waals surface area contributed by atoms with Crippen LogP contribution in [-0.2, 0) is 4.74 Å². The third-order valence-electron chi connectivity index (χ3n) is 3.04. The predicted octanol–water partition coefficient (Wildman–Crippen LogP) is 3.98. The van der Waals surface area contributed by atoms with E-state index >= 15 is 0 Å². The summed E-state index contributed by atoms with van der Waals surface area (Å²) >= 11 is 0. The maximum Gasteiger partial charge on any atom is 0.125 e. The van der Waals surface area contributed by atoms with Crippen LogP contribution in [0.2, 0.25) is 0 Å². The minimum atomic E-state index is 0.767. The lowest BCUT2D eigenvalue weighted by Crippen LogP contribution is -2.00. The van der Waals surface area contributed by atoms with Crippen LogP contribution in [0.1, 0.15) is 38.2 Å². The van der Waals surface area contributed by atoms with Crippen LogP contribution in [0.25, 0.3) is 0 Å². The molecule has 108 valence electrons.